The van der Waals surface area contributed by atoms with Gasteiger partial charge in [-0.2, -0.15) is 0 Å². The number of fused-ring (bicyclic) bond motifs is 1. The minimum absolute atomic E-state index is 0.161. The third kappa shape index (κ3) is 5.97. The van der Waals surface area contributed by atoms with Crippen molar-refractivity contribution in [3.63, 3.8) is 0 Å². The lowest BCUT2D eigenvalue weighted by molar-refractivity contribution is -0.121. The number of rotatable bonds is 10. The van der Waals surface area contributed by atoms with Gasteiger partial charge in [-0.15, -0.1) is 0 Å². The van der Waals surface area contributed by atoms with Crippen LogP contribution in [0.5, 0.6) is 0 Å². The Hall–Kier alpha value is -2.57. The molecule has 7 heteroatoms. The van der Waals surface area contributed by atoms with Crippen molar-refractivity contribution in [2.45, 2.75) is 58.5 Å². The van der Waals surface area contributed by atoms with Gasteiger partial charge in [-0.1, -0.05) is 12.1 Å². The SMILES string of the molecule is CCNC(=NCCCn1c(C)nc2ccccc21)NCCCC(=O)NC1CC1. The molecule has 28 heavy (non-hydrogen) atoms. The van der Waals surface area contributed by atoms with E-state index >= 15 is 0 Å². The molecule has 0 radical (unpaired) electrons. The summed E-state index contributed by atoms with van der Waals surface area (Å²) in [7, 11) is 0. The summed E-state index contributed by atoms with van der Waals surface area (Å²) in [6.07, 6.45) is 4.59. The molecule has 1 saturated carbocycles. The van der Waals surface area contributed by atoms with Crippen LogP contribution >= 0.6 is 0 Å². The topological polar surface area (TPSA) is 83.3 Å². The third-order valence-corrected chi connectivity index (χ3v) is 4.81. The van der Waals surface area contributed by atoms with E-state index in [4.69, 9.17) is 0 Å². The van der Waals surface area contributed by atoms with Gasteiger partial charge in [0.05, 0.1) is 11.0 Å². The van der Waals surface area contributed by atoms with Crippen molar-refractivity contribution in [2.24, 2.45) is 4.99 Å². The summed E-state index contributed by atoms with van der Waals surface area (Å²) in [4.78, 5) is 21.0. The van der Waals surface area contributed by atoms with Crippen LogP contribution < -0.4 is 16.0 Å². The second-order valence-corrected chi connectivity index (χ2v) is 7.29. The predicted octanol–water partition coefficient (Wildman–Crippen LogP) is 2.35. The highest BCUT2D eigenvalue weighted by Gasteiger charge is 2.22. The van der Waals surface area contributed by atoms with Crippen LogP contribution in [0.4, 0.5) is 0 Å². The molecule has 1 fully saturated rings. The van der Waals surface area contributed by atoms with E-state index in [1.807, 2.05) is 13.0 Å². The monoisotopic (exact) mass is 384 g/mol. The molecular weight excluding hydrogens is 352 g/mol. The molecule has 7 nitrogen and oxygen atoms in total. The summed E-state index contributed by atoms with van der Waals surface area (Å²) < 4.78 is 2.25. The summed E-state index contributed by atoms with van der Waals surface area (Å²) in [5, 5.41) is 9.61. The second-order valence-electron chi connectivity index (χ2n) is 7.29. The zero-order chi connectivity index (χ0) is 19.8. The van der Waals surface area contributed by atoms with Crippen molar-refractivity contribution in [3.8, 4) is 0 Å². The molecule has 1 aliphatic carbocycles. The number of hydrogen-bond acceptors (Lipinski definition) is 3. The first kappa shape index (κ1) is 20.2. The molecule has 0 bridgehead atoms. The minimum atomic E-state index is 0.161. The van der Waals surface area contributed by atoms with Gasteiger partial charge in [0.1, 0.15) is 5.82 Å². The Kier molecular flexibility index (Phi) is 7.28. The maximum absolute atomic E-state index is 11.7. The number of amides is 1. The van der Waals surface area contributed by atoms with Crippen molar-refractivity contribution < 1.29 is 4.79 Å². The number of carbonyl (C=O) groups excluding carboxylic acids is 1. The summed E-state index contributed by atoms with van der Waals surface area (Å²) in [6, 6.07) is 8.68. The lowest BCUT2D eigenvalue weighted by atomic mass is 10.3. The Morgan fingerprint density at radius 1 is 1.25 bits per heavy atom. The molecule has 1 heterocycles. The normalized spacial score (nSPS) is 14.3. The van der Waals surface area contributed by atoms with E-state index in [2.05, 4.69) is 55.6 Å². The first-order chi connectivity index (χ1) is 13.7. The van der Waals surface area contributed by atoms with Gasteiger partial charge < -0.3 is 20.5 Å². The summed E-state index contributed by atoms with van der Waals surface area (Å²) >= 11 is 0. The van der Waals surface area contributed by atoms with Crippen LogP contribution in [0, 0.1) is 6.92 Å². The van der Waals surface area contributed by atoms with Gasteiger partial charge in [-0.3, -0.25) is 9.79 Å². The fraction of sp³-hybridized carbons (Fsp3) is 0.571. The molecule has 3 rings (SSSR count). The molecule has 0 atom stereocenters. The predicted molar refractivity (Wildman–Crippen MR) is 113 cm³/mol. The molecule has 2 aromatic rings. The van der Waals surface area contributed by atoms with Gasteiger partial charge in [-0.05, 0) is 51.7 Å². The lowest BCUT2D eigenvalue weighted by Crippen LogP contribution is -2.38. The van der Waals surface area contributed by atoms with Crippen LogP contribution in [0.25, 0.3) is 11.0 Å². The highest BCUT2D eigenvalue weighted by atomic mass is 16.1. The Morgan fingerprint density at radius 3 is 2.86 bits per heavy atom. The van der Waals surface area contributed by atoms with E-state index in [0.29, 0.717) is 12.5 Å². The number of benzene rings is 1. The van der Waals surface area contributed by atoms with E-state index in [0.717, 1.165) is 69.2 Å². The van der Waals surface area contributed by atoms with Crippen LogP contribution in [0.2, 0.25) is 0 Å². The highest BCUT2D eigenvalue weighted by Crippen LogP contribution is 2.18. The third-order valence-electron chi connectivity index (χ3n) is 4.81. The van der Waals surface area contributed by atoms with Crippen molar-refractivity contribution in [2.75, 3.05) is 19.6 Å². The maximum Gasteiger partial charge on any atom is 0.220 e. The Morgan fingerprint density at radius 2 is 2.07 bits per heavy atom. The number of aromatic nitrogens is 2. The van der Waals surface area contributed by atoms with Gasteiger partial charge in [0.25, 0.3) is 0 Å². The first-order valence-corrected chi connectivity index (χ1v) is 10.4. The molecule has 1 aromatic heterocycles. The zero-order valence-corrected chi connectivity index (χ0v) is 17.0. The number of carbonyl (C=O) groups is 1. The number of aliphatic imine (C=N–C) groups is 1. The average Bonchev–Trinajstić information content (AvgIpc) is 3.43. The Balaban J connectivity index is 1.40. The largest absolute Gasteiger partial charge is 0.357 e. The fourth-order valence-electron chi connectivity index (χ4n) is 3.22. The molecule has 1 amide bonds. The van der Waals surface area contributed by atoms with E-state index < -0.39 is 0 Å². The van der Waals surface area contributed by atoms with Gasteiger partial charge in [0.15, 0.2) is 5.96 Å². The van der Waals surface area contributed by atoms with E-state index in [-0.39, 0.29) is 5.91 Å². The molecule has 3 N–H and O–H groups in total. The summed E-state index contributed by atoms with van der Waals surface area (Å²) in [6.45, 7) is 7.31. The molecule has 152 valence electrons. The number of guanidine groups is 1. The Bertz CT molecular complexity index is 808. The quantitative estimate of drug-likeness (QED) is 0.334. The minimum Gasteiger partial charge on any atom is -0.357 e. The first-order valence-electron chi connectivity index (χ1n) is 10.4. The van der Waals surface area contributed by atoms with E-state index in [9.17, 15) is 4.79 Å². The van der Waals surface area contributed by atoms with Crippen LogP contribution in [0.1, 0.15) is 44.9 Å². The summed E-state index contributed by atoms with van der Waals surface area (Å²) in [5.74, 6) is 2.02. The van der Waals surface area contributed by atoms with Gasteiger partial charge in [0.2, 0.25) is 5.91 Å². The number of hydrogen-bond donors (Lipinski definition) is 3. The maximum atomic E-state index is 11.7. The molecular formula is C21H32N6O. The van der Waals surface area contributed by atoms with Crippen molar-refractivity contribution in [3.05, 3.63) is 30.1 Å². The molecule has 0 spiro atoms. The van der Waals surface area contributed by atoms with Crippen LogP contribution in [-0.2, 0) is 11.3 Å². The number of nitrogens with zero attached hydrogens (tertiary/aromatic N) is 3. The molecule has 0 aliphatic heterocycles. The van der Waals surface area contributed by atoms with Crippen molar-refractivity contribution in [1.82, 2.24) is 25.5 Å². The lowest BCUT2D eigenvalue weighted by Gasteiger charge is -2.11. The van der Waals surface area contributed by atoms with Gasteiger partial charge in [0, 0.05) is 38.6 Å². The van der Waals surface area contributed by atoms with E-state index in [1.165, 1.54) is 5.52 Å². The van der Waals surface area contributed by atoms with Crippen LogP contribution in [-0.4, -0.2) is 47.1 Å². The standard InChI is InChI=1S/C21H32N6O/c1-3-22-21(23-13-6-10-20(28)26-17-11-12-17)24-14-7-15-27-16(2)25-18-8-4-5-9-19(18)27/h4-5,8-9,17H,3,6-7,10-15H2,1-2H3,(H,26,28)(H2,22,23,24). The van der Waals surface area contributed by atoms with Gasteiger partial charge in [-0.25, -0.2) is 4.98 Å². The summed E-state index contributed by atoms with van der Waals surface area (Å²) in [5.41, 5.74) is 2.22. The number of para-hydroxylation sites is 2. The van der Waals surface area contributed by atoms with Crippen molar-refractivity contribution >= 4 is 22.9 Å². The number of nitrogens with one attached hydrogen (secondary N) is 3. The van der Waals surface area contributed by atoms with Crippen LogP contribution in [0.3, 0.4) is 0 Å². The number of aryl methyl sites for hydroxylation is 2. The zero-order valence-electron chi connectivity index (χ0n) is 17.0. The second kappa shape index (κ2) is 10.1. The molecule has 0 unspecified atom stereocenters. The van der Waals surface area contributed by atoms with Crippen LogP contribution in [0.15, 0.2) is 29.3 Å². The number of imidazole rings is 1. The van der Waals surface area contributed by atoms with E-state index in [1.54, 1.807) is 0 Å². The molecule has 1 aliphatic rings. The smallest absolute Gasteiger partial charge is 0.220 e. The average molecular weight is 385 g/mol. The van der Waals surface area contributed by atoms with Gasteiger partial charge >= 0.3 is 0 Å². The fourth-order valence-corrected chi connectivity index (χ4v) is 3.22. The Labute approximate surface area is 167 Å². The highest BCUT2D eigenvalue weighted by molar-refractivity contribution is 5.80. The van der Waals surface area contributed by atoms with Crippen molar-refractivity contribution in [1.29, 1.82) is 0 Å². The molecule has 0 saturated heterocycles. The molecule has 1 aromatic carbocycles.